The van der Waals surface area contributed by atoms with Gasteiger partial charge in [-0.3, -0.25) is 9.59 Å². The number of anilines is 1. The van der Waals surface area contributed by atoms with Gasteiger partial charge in [-0.15, -0.1) is 0 Å². The summed E-state index contributed by atoms with van der Waals surface area (Å²) >= 11 is 6.15. The topological polar surface area (TPSA) is 49.4 Å². The predicted octanol–water partition coefficient (Wildman–Crippen LogP) is 3.63. The van der Waals surface area contributed by atoms with Crippen LogP contribution >= 0.6 is 11.6 Å². The number of benzene rings is 2. The van der Waals surface area contributed by atoms with Crippen LogP contribution in [0.4, 0.5) is 5.69 Å². The van der Waals surface area contributed by atoms with Gasteiger partial charge in [0.2, 0.25) is 11.8 Å². The molecule has 1 heterocycles. The van der Waals surface area contributed by atoms with Gasteiger partial charge in [-0.05, 0) is 37.1 Å². The number of nitrogens with one attached hydrogen (secondary N) is 1. The largest absolute Gasteiger partial charge is 0.352 e. The summed E-state index contributed by atoms with van der Waals surface area (Å²) < 4.78 is 0. The third kappa shape index (κ3) is 3.85. The van der Waals surface area contributed by atoms with E-state index in [-0.39, 0.29) is 24.2 Å². The molecule has 3 rings (SSSR count). The maximum absolute atomic E-state index is 12.5. The first-order valence-electron chi connectivity index (χ1n) is 8.34. The molecule has 1 N–H and O–H groups in total. The number of hydrogen-bond acceptors (Lipinski definition) is 2. The molecule has 25 heavy (non-hydrogen) atoms. The van der Waals surface area contributed by atoms with Crippen molar-refractivity contribution in [3.63, 3.8) is 0 Å². The van der Waals surface area contributed by atoms with E-state index in [0.29, 0.717) is 18.1 Å². The van der Waals surface area contributed by atoms with Crippen LogP contribution in [0.3, 0.4) is 0 Å². The van der Waals surface area contributed by atoms with Crippen molar-refractivity contribution in [2.24, 2.45) is 5.92 Å². The second kappa shape index (κ2) is 7.28. The maximum Gasteiger partial charge on any atom is 0.227 e. The average Bonchev–Trinajstić information content (AvgIpc) is 2.97. The minimum absolute atomic E-state index is 0.0407. The van der Waals surface area contributed by atoms with Crippen LogP contribution in [0.5, 0.6) is 0 Å². The van der Waals surface area contributed by atoms with Crippen molar-refractivity contribution >= 4 is 29.1 Å². The first kappa shape index (κ1) is 17.5. The summed E-state index contributed by atoms with van der Waals surface area (Å²) in [6, 6.07) is 13.5. The molecule has 1 aliphatic rings. The molecule has 1 saturated heterocycles. The van der Waals surface area contributed by atoms with E-state index < -0.39 is 0 Å². The van der Waals surface area contributed by atoms with Crippen LogP contribution in [0.25, 0.3) is 0 Å². The van der Waals surface area contributed by atoms with Gasteiger partial charge in [-0.1, -0.05) is 47.5 Å². The van der Waals surface area contributed by atoms with E-state index in [4.69, 9.17) is 11.6 Å². The average molecular weight is 357 g/mol. The zero-order chi connectivity index (χ0) is 18.0. The Hall–Kier alpha value is -2.33. The van der Waals surface area contributed by atoms with Gasteiger partial charge in [-0.25, -0.2) is 0 Å². The summed E-state index contributed by atoms with van der Waals surface area (Å²) in [6.07, 6.45) is 0.228. The second-order valence-electron chi connectivity index (χ2n) is 6.50. The minimum atomic E-state index is -0.337. The van der Waals surface area contributed by atoms with E-state index in [9.17, 15) is 9.59 Å². The van der Waals surface area contributed by atoms with E-state index in [1.54, 1.807) is 11.0 Å². The monoisotopic (exact) mass is 356 g/mol. The van der Waals surface area contributed by atoms with Crippen LogP contribution in [-0.4, -0.2) is 18.4 Å². The molecule has 2 aromatic carbocycles. The maximum atomic E-state index is 12.5. The van der Waals surface area contributed by atoms with Crippen molar-refractivity contribution in [3.8, 4) is 0 Å². The van der Waals surface area contributed by atoms with E-state index in [2.05, 4.69) is 5.32 Å². The predicted molar refractivity (Wildman–Crippen MR) is 99.7 cm³/mol. The van der Waals surface area contributed by atoms with Gasteiger partial charge in [0.1, 0.15) is 0 Å². The van der Waals surface area contributed by atoms with E-state index in [0.717, 1.165) is 22.4 Å². The van der Waals surface area contributed by atoms with Crippen molar-refractivity contribution in [1.82, 2.24) is 5.32 Å². The number of carbonyl (C=O) groups is 2. The Labute approximate surface area is 152 Å². The lowest BCUT2D eigenvalue weighted by Gasteiger charge is -2.19. The quantitative estimate of drug-likeness (QED) is 0.909. The first-order valence-corrected chi connectivity index (χ1v) is 8.72. The van der Waals surface area contributed by atoms with Crippen molar-refractivity contribution in [2.75, 3.05) is 11.4 Å². The Balaban J connectivity index is 1.65. The van der Waals surface area contributed by atoms with Crippen LogP contribution in [0.2, 0.25) is 5.02 Å². The molecule has 2 aromatic rings. The van der Waals surface area contributed by atoms with Gasteiger partial charge < -0.3 is 10.2 Å². The molecule has 1 fully saturated rings. The number of carbonyl (C=O) groups excluding carboxylic acids is 2. The zero-order valence-corrected chi connectivity index (χ0v) is 15.1. The van der Waals surface area contributed by atoms with Crippen molar-refractivity contribution in [2.45, 2.75) is 26.8 Å². The highest BCUT2D eigenvalue weighted by Crippen LogP contribution is 2.31. The molecule has 4 nitrogen and oxygen atoms in total. The smallest absolute Gasteiger partial charge is 0.227 e. The Kier molecular flexibility index (Phi) is 5.09. The molecule has 2 amide bonds. The molecule has 0 saturated carbocycles. The van der Waals surface area contributed by atoms with Crippen LogP contribution in [0, 0.1) is 19.8 Å². The van der Waals surface area contributed by atoms with Crippen molar-refractivity contribution in [1.29, 1.82) is 0 Å². The number of aryl methyl sites for hydroxylation is 1. The summed E-state index contributed by atoms with van der Waals surface area (Å²) in [5.74, 6) is -0.464. The summed E-state index contributed by atoms with van der Waals surface area (Å²) in [4.78, 5) is 26.5. The van der Waals surface area contributed by atoms with Gasteiger partial charge in [0.05, 0.1) is 5.92 Å². The van der Waals surface area contributed by atoms with Gasteiger partial charge in [-0.2, -0.15) is 0 Å². The number of nitrogens with zero attached hydrogens (tertiary/aromatic N) is 1. The van der Waals surface area contributed by atoms with E-state index in [1.165, 1.54) is 0 Å². The lowest BCUT2D eigenvalue weighted by Crippen LogP contribution is -2.32. The number of rotatable bonds is 4. The normalized spacial score (nSPS) is 17.0. The van der Waals surface area contributed by atoms with Gasteiger partial charge in [0.25, 0.3) is 0 Å². The number of amides is 2. The van der Waals surface area contributed by atoms with Crippen LogP contribution in [0.1, 0.15) is 23.1 Å². The number of halogens is 1. The fourth-order valence-corrected chi connectivity index (χ4v) is 3.33. The molecular weight excluding hydrogens is 336 g/mol. The lowest BCUT2D eigenvalue weighted by atomic mass is 10.1. The minimum Gasteiger partial charge on any atom is -0.352 e. The van der Waals surface area contributed by atoms with E-state index >= 15 is 0 Å². The molecule has 0 bridgehead atoms. The molecule has 0 unspecified atom stereocenters. The molecule has 0 spiro atoms. The molecule has 0 radical (unpaired) electrons. The molecule has 1 atom stereocenters. The molecular formula is C20H21ClN2O2. The van der Waals surface area contributed by atoms with Gasteiger partial charge >= 0.3 is 0 Å². The first-order chi connectivity index (χ1) is 12.0. The third-order valence-corrected chi connectivity index (χ3v) is 4.98. The van der Waals surface area contributed by atoms with Crippen LogP contribution in [0.15, 0.2) is 42.5 Å². The Morgan fingerprint density at radius 3 is 2.76 bits per heavy atom. The SMILES string of the molecule is Cc1cccc(CNC(=O)[C@@H]2CC(=O)N(c3cccc(Cl)c3C)C2)c1. The van der Waals surface area contributed by atoms with Gasteiger partial charge in [0, 0.05) is 30.2 Å². The third-order valence-electron chi connectivity index (χ3n) is 4.57. The standard InChI is InChI=1S/C20H21ClN2O2/c1-13-5-3-6-15(9-13)11-22-20(25)16-10-19(24)23(12-16)18-8-4-7-17(21)14(18)2/h3-9,16H,10-12H2,1-2H3,(H,22,25)/t16-/m1/s1. The summed E-state index contributed by atoms with van der Waals surface area (Å²) in [5.41, 5.74) is 3.86. The Morgan fingerprint density at radius 2 is 2.00 bits per heavy atom. The van der Waals surface area contributed by atoms with Crippen molar-refractivity contribution in [3.05, 3.63) is 64.2 Å². The highest BCUT2D eigenvalue weighted by Gasteiger charge is 2.35. The highest BCUT2D eigenvalue weighted by molar-refractivity contribution is 6.31. The van der Waals surface area contributed by atoms with E-state index in [1.807, 2.05) is 50.2 Å². The fourth-order valence-electron chi connectivity index (χ4n) is 3.16. The molecule has 0 aromatic heterocycles. The van der Waals surface area contributed by atoms with Crippen molar-refractivity contribution < 1.29 is 9.59 Å². The zero-order valence-electron chi connectivity index (χ0n) is 14.4. The molecule has 1 aliphatic heterocycles. The second-order valence-corrected chi connectivity index (χ2v) is 6.90. The fraction of sp³-hybridized carbons (Fsp3) is 0.300. The molecule has 0 aliphatic carbocycles. The lowest BCUT2D eigenvalue weighted by molar-refractivity contribution is -0.126. The van der Waals surface area contributed by atoms with Crippen LogP contribution < -0.4 is 10.2 Å². The Morgan fingerprint density at radius 1 is 1.24 bits per heavy atom. The summed E-state index contributed by atoms with van der Waals surface area (Å²) in [5, 5.41) is 3.57. The summed E-state index contributed by atoms with van der Waals surface area (Å²) in [7, 11) is 0. The number of hydrogen-bond donors (Lipinski definition) is 1. The van der Waals surface area contributed by atoms with Gasteiger partial charge in [0.15, 0.2) is 0 Å². The molecule has 130 valence electrons. The molecule has 5 heteroatoms. The highest BCUT2D eigenvalue weighted by atomic mass is 35.5. The Bertz CT molecular complexity index is 819. The summed E-state index contributed by atoms with van der Waals surface area (Å²) in [6.45, 7) is 4.77. The van der Waals surface area contributed by atoms with Crippen LogP contribution in [-0.2, 0) is 16.1 Å².